The molecule has 0 spiro atoms. The monoisotopic (exact) mass is 238 g/mol. The number of hydrogen-bond acceptors (Lipinski definition) is 5. The first-order valence-electron chi connectivity index (χ1n) is 5.94. The number of nitrogens with zero attached hydrogens (tertiary/aromatic N) is 4. The SMILES string of the molecule is CCOC(=O)CN(Cc1cn(C)nn1)C1CC1. The zero-order valence-electron chi connectivity index (χ0n) is 10.3. The van der Waals surface area contributed by atoms with Crippen molar-refractivity contribution in [1.29, 1.82) is 0 Å². The molecule has 94 valence electrons. The van der Waals surface area contributed by atoms with Gasteiger partial charge in [-0.15, -0.1) is 5.10 Å². The summed E-state index contributed by atoms with van der Waals surface area (Å²) in [6.45, 7) is 3.26. The van der Waals surface area contributed by atoms with Gasteiger partial charge in [0.05, 0.1) is 18.8 Å². The number of aromatic nitrogens is 3. The van der Waals surface area contributed by atoms with Crippen LogP contribution in [0.5, 0.6) is 0 Å². The highest BCUT2D eigenvalue weighted by Crippen LogP contribution is 2.27. The van der Waals surface area contributed by atoms with Crippen molar-refractivity contribution in [2.75, 3.05) is 13.2 Å². The van der Waals surface area contributed by atoms with Crippen LogP contribution in [0.2, 0.25) is 0 Å². The topological polar surface area (TPSA) is 60.2 Å². The summed E-state index contributed by atoms with van der Waals surface area (Å²) in [6.07, 6.45) is 4.18. The predicted octanol–water partition coefficient (Wildman–Crippen LogP) is 0.343. The second-order valence-electron chi connectivity index (χ2n) is 4.32. The highest BCUT2D eigenvalue weighted by atomic mass is 16.5. The van der Waals surface area contributed by atoms with Crippen LogP contribution in [0.25, 0.3) is 0 Å². The third-order valence-corrected chi connectivity index (χ3v) is 2.72. The van der Waals surface area contributed by atoms with Gasteiger partial charge in [0.15, 0.2) is 0 Å². The Labute approximate surface area is 101 Å². The van der Waals surface area contributed by atoms with Gasteiger partial charge in [-0.2, -0.15) is 0 Å². The van der Waals surface area contributed by atoms with Crippen LogP contribution >= 0.6 is 0 Å². The number of hydrogen-bond donors (Lipinski definition) is 0. The first-order valence-corrected chi connectivity index (χ1v) is 5.94. The van der Waals surface area contributed by atoms with Crippen molar-refractivity contribution in [3.63, 3.8) is 0 Å². The summed E-state index contributed by atoms with van der Waals surface area (Å²) < 4.78 is 6.64. The molecule has 0 N–H and O–H groups in total. The van der Waals surface area contributed by atoms with Crippen molar-refractivity contribution in [3.05, 3.63) is 11.9 Å². The van der Waals surface area contributed by atoms with Gasteiger partial charge in [0.25, 0.3) is 0 Å². The molecule has 0 bridgehead atoms. The molecule has 1 aromatic rings. The zero-order valence-corrected chi connectivity index (χ0v) is 10.3. The smallest absolute Gasteiger partial charge is 0.320 e. The van der Waals surface area contributed by atoms with Crippen LogP contribution in [-0.2, 0) is 23.1 Å². The minimum absolute atomic E-state index is 0.164. The zero-order chi connectivity index (χ0) is 12.3. The first-order chi connectivity index (χ1) is 8.19. The van der Waals surface area contributed by atoms with Gasteiger partial charge in [0.1, 0.15) is 0 Å². The van der Waals surface area contributed by atoms with Crippen molar-refractivity contribution in [2.24, 2.45) is 7.05 Å². The van der Waals surface area contributed by atoms with E-state index in [0.717, 1.165) is 18.5 Å². The van der Waals surface area contributed by atoms with Crippen molar-refractivity contribution in [2.45, 2.75) is 32.4 Å². The highest BCUT2D eigenvalue weighted by Gasteiger charge is 2.31. The minimum Gasteiger partial charge on any atom is -0.465 e. The lowest BCUT2D eigenvalue weighted by Crippen LogP contribution is -2.32. The van der Waals surface area contributed by atoms with E-state index in [1.807, 2.05) is 20.2 Å². The maximum Gasteiger partial charge on any atom is 0.320 e. The van der Waals surface area contributed by atoms with Gasteiger partial charge in [0, 0.05) is 25.8 Å². The molecule has 1 saturated carbocycles. The highest BCUT2D eigenvalue weighted by molar-refractivity contribution is 5.71. The van der Waals surface area contributed by atoms with Gasteiger partial charge in [-0.25, -0.2) is 0 Å². The van der Waals surface area contributed by atoms with Gasteiger partial charge >= 0.3 is 5.97 Å². The fourth-order valence-corrected chi connectivity index (χ4v) is 1.80. The summed E-state index contributed by atoms with van der Waals surface area (Å²) >= 11 is 0. The number of aryl methyl sites for hydroxylation is 1. The van der Waals surface area contributed by atoms with E-state index in [1.54, 1.807) is 4.68 Å². The van der Waals surface area contributed by atoms with Gasteiger partial charge in [0.2, 0.25) is 0 Å². The van der Waals surface area contributed by atoms with E-state index in [1.165, 1.54) is 0 Å². The van der Waals surface area contributed by atoms with E-state index < -0.39 is 0 Å². The molecule has 0 unspecified atom stereocenters. The summed E-state index contributed by atoms with van der Waals surface area (Å²) in [7, 11) is 1.84. The average Bonchev–Trinajstić information content (AvgIpc) is 3.03. The third kappa shape index (κ3) is 3.52. The van der Waals surface area contributed by atoms with Crippen molar-refractivity contribution >= 4 is 5.97 Å². The molecular formula is C11H18N4O2. The molecule has 17 heavy (non-hydrogen) atoms. The normalized spacial score (nSPS) is 15.2. The molecule has 1 aromatic heterocycles. The van der Waals surface area contributed by atoms with E-state index in [-0.39, 0.29) is 5.97 Å². The molecule has 1 fully saturated rings. The molecular weight excluding hydrogens is 220 g/mol. The quantitative estimate of drug-likeness (QED) is 0.669. The summed E-state index contributed by atoms with van der Waals surface area (Å²) in [6, 6.07) is 0.501. The lowest BCUT2D eigenvalue weighted by Gasteiger charge is -2.19. The largest absolute Gasteiger partial charge is 0.465 e. The second-order valence-corrected chi connectivity index (χ2v) is 4.32. The van der Waals surface area contributed by atoms with Crippen LogP contribution < -0.4 is 0 Å². The Bertz CT molecular complexity index is 387. The number of esters is 1. The molecule has 6 nitrogen and oxygen atoms in total. The van der Waals surface area contributed by atoms with Crippen molar-refractivity contribution in [3.8, 4) is 0 Å². The molecule has 0 aromatic carbocycles. The maximum atomic E-state index is 11.5. The molecule has 0 aliphatic heterocycles. The second kappa shape index (κ2) is 5.27. The maximum absolute atomic E-state index is 11.5. The van der Waals surface area contributed by atoms with E-state index in [4.69, 9.17) is 4.74 Å². The van der Waals surface area contributed by atoms with Crippen LogP contribution in [0.3, 0.4) is 0 Å². The standard InChI is InChI=1S/C11H18N4O2/c1-3-17-11(16)8-15(10-4-5-10)7-9-6-14(2)13-12-9/h6,10H,3-5,7-8H2,1-2H3. The van der Waals surface area contributed by atoms with E-state index >= 15 is 0 Å². The van der Waals surface area contributed by atoms with E-state index in [0.29, 0.717) is 25.7 Å². The molecule has 6 heteroatoms. The van der Waals surface area contributed by atoms with E-state index in [2.05, 4.69) is 15.2 Å². The Hall–Kier alpha value is -1.43. The van der Waals surface area contributed by atoms with Gasteiger partial charge < -0.3 is 4.74 Å². The van der Waals surface area contributed by atoms with Crippen LogP contribution in [0, 0.1) is 0 Å². The Morgan fingerprint density at radius 3 is 2.94 bits per heavy atom. The molecule has 1 heterocycles. The molecule has 1 aliphatic carbocycles. The Morgan fingerprint density at radius 1 is 1.65 bits per heavy atom. The predicted molar refractivity (Wildman–Crippen MR) is 61.1 cm³/mol. The Kier molecular flexibility index (Phi) is 3.73. The minimum atomic E-state index is -0.164. The van der Waals surface area contributed by atoms with Gasteiger partial charge in [-0.1, -0.05) is 5.21 Å². The Balaban J connectivity index is 1.91. The number of rotatable bonds is 6. The van der Waals surface area contributed by atoms with Crippen LogP contribution in [0.1, 0.15) is 25.5 Å². The fraction of sp³-hybridized carbons (Fsp3) is 0.727. The summed E-state index contributed by atoms with van der Waals surface area (Å²) in [5.41, 5.74) is 0.892. The van der Waals surface area contributed by atoms with Crippen LogP contribution in [0.15, 0.2) is 6.20 Å². The third-order valence-electron chi connectivity index (χ3n) is 2.72. The number of carbonyl (C=O) groups excluding carboxylic acids is 1. The molecule has 0 saturated heterocycles. The summed E-state index contributed by atoms with van der Waals surface area (Å²) in [4.78, 5) is 13.6. The lowest BCUT2D eigenvalue weighted by atomic mass is 10.4. The molecule has 0 atom stereocenters. The molecule has 1 aliphatic rings. The molecule has 0 amide bonds. The van der Waals surface area contributed by atoms with Gasteiger partial charge in [-0.3, -0.25) is 14.4 Å². The number of carbonyl (C=O) groups is 1. The molecule has 0 radical (unpaired) electrons. The fourth-order valence-electron chi connectivity index (χ4n) is 1.80. The number of ether oxygens (including phenoxy) is 1. The van der Waals surface area contributed by atoms with Crippen molar-refractivity contribution in [1.82, 2.24) is 19.9 Å². The Morgan fingerprint density at radius 2 is 2.41 bits per heavy atom. The van der Waals surface area contributed by atoms with Crippen LogP contribution in [-0.4, -0.2) is 45.1 Å². The van der Waals surface area contributed by atoms with Gasteiger partial charge in [-0.05, 0) is 19.8 Å². The average molecular weight is 238 g/mol. The van der Waals surface area contributed by atoms with Crippen molar-refractivity contribution < 1.29 is 9.53 Å². The molecule has 2 rings (SSSR count). The van der Waals surface area contributed by atoms with Crippen LogP contribution in [0.4, 0.5) is 0 Å². The summed E-state index contributed by atoms with van der Waals surface area (Å²) in [5.74, 6) is -0.164. The van der Waals surface area contributed by atoms with E-state index in [9.17, 15) is 4.79 Å². The summed E-state index contributed by atoms with van der Waals surface area (Å²) in [5, 5.41) is 7.93. The lowest BCUT2D eigenvalue weighted by molar-refractivity contribution is -0.144. The first kappa shape index (κ1) is 12.0.